The van der Waals surface area contributed by atoms with Crippen molar-refractivity contribution in [3.05, 3.63) is 78.1 Å². The fourth-order valence-electron chi connectivity index (χ4n) is 2.39. The summed E-state index contributed by atoms with van der Waals surface area (Å²) in [5.74, 6) is -1.21. The predicted molar refractivity (Wildman–Crippen MR) is 99.4 cm³/mol. The molecule has 0 atom stereocenters. The lowest BCUT2D eigenvalue weighted by Crippen LogP contribution is -2.14. The van der Waals surface area contributed by atoms with Crippen molar-refractivity contribution >= 4 is 23.0 Å². The number of para-hydroxylation sites is 1. The SMILES string of the molecule is CCOc1ccc(NC(=O)c2cc(Nc3c(F)cccc3F)ccn2)cc1. The van der Waals surface area contributed by atoms with Gasteiger partial charge in [0.25, 0.3) is 5.91 Å². The van der Waals surface area contributed by atoms with Crippen LogP contribution in [0.3, 0.4) is 0 Å². The van der Waals surface area contributed by atoms with E-state index in [0.29, 0.717) is 23.7 Å². The number of nitrogens with one attached hydrogen (secondary N) is 2. The van der Waals surface area contributed by atoms with E-state index in [0.717, 1.165) is 12.1 Å². The van der Waals surface area contributed by atoms with Crippen molar-refractivity contribution < 1.29 is 18.3 Å². The van der Waals surface area contributed by atoms with E-state index < -0.39 is 17.5 Å². The van der Waals surface area contributed by atoms with E-state index in [1.165, 1.54) is 24.4 Å². The summed E-state index contributed by atoms with van der Waals surface area (Å²) in [6, 6.07) is 13.4. The second kappa shape index (κ2) is 8.27. The first-order valence-electron chi connectivity index (χ1n) is 8.28. The number of nitrogens with zero attached hydrogens (tertiary/aromatic N) is 1. The molecule has 0 spiro atoms. The Kier molecular flexibility index (Phi) is 5.61. The van der Waals surface area contributed by atoms with Crippen LogP contribution in [0.4, 0.5) is 25.8 Å². The second-order valence-electron chi connectivity index (χ2n) is 5.56. The number of halogens is 2. The monoisotopic (exact) mass is 369 g/mol. The van der Waals surface area contributed by atoms with Gasteiger partial charge in [0.05, 0.1) is 6.61 Å². The van der Waals surface area contributed by atoms with E-state index >= 15 is 0 Å². The molecular formula is C20H17F2N3O2. The maximum absolute atomic E-state index is 13.8. The van der Waals surface area contributed by atoms with Crippen LogP contribution in [0.1, 0.15) is 17.4 Å². The van der Waals surface area contributed by atoms with Gasteiger partial charge in [-0.1, -0.05) is 6.07 Å². The molecule has 1 aromatic heterocycles. The number of pyridine rings is 1. The topological polar surface area (TPSA) is 63.2 Å². The fourth-order valence-corrected chi connectivity index (χ4v) is 2.39. The van der Waals surface area contributed by atoms with Crippen LogP contribution in [0.15, 0.2) is 60.8 Å². The molecule has 0 fully saturated rings. The Morgan fingerprint density at radius 3 is 2.41 bits per heavy atom. The molecule has 5 nitrogen and oxygen atoms in total. The zero-order chi connectivity index (χ0) is 19.2. The van der Waals surface area contributed by atoms with Gasteiger partial charge in [0.1, 0.15) is 28.8 Å². The number of carbonyl (C=O) groups excluding carboxylic acids is 1. The van der Waals surface area contributed by atoms with Crippen molar-refractivity contribution in [1.82, 2.24) is 4.98 Å². The number of rotatable bonds is 6. The number of ether oxygens (including phenoxy) is 1. The summed E-state index contributed by atoms with van der Waals surface area (Å²) in [6.45, 7) is 2.44. The fraction of sp³-hybridized carbons (Fsp3) is 0.100. The minimum atomic E-state index is -0.729. The Bertz CT molecular complexity index is 926. The summed E-state index contributed by atoms with van der Waals surface area (Å²) in [4.78, 5) is 16.4. The van der Waals surface area contributed by atoms with Gasteiger partial charge in [-0.15, -0.1) is 0 Å². The van der Waals surface area contributed by atoms with Gasteiger partial charge in [-0.05, 0) is 55.5 Å². The maximum atomic E-state index is 13.8. The van der Waals surface area contributed by atoms with E-state index in [1.807, 2.05) is 6.92 Å². The predicted octanol–water partition coefficient (Wildman–Crippen LogP) is 4.75. The maximum Gasteiger partial charge on any atom is 0.274 e. The van der Waals surface area contributed by atoms with Gasteiger partial charge in [0, 0.05) is 17.6 Å². The van der Waals surface area contributed by atoms with Gasteiger partial charge in [-0.2, -0.15) is 0 Å². The number of hydrogen-bond donors (Lipinski definition) is 2. The van der Waals surface area contributed by atoms with Crippen molar-refractivity contribution in [2.24, 2.45) is 0 Å². The van der Waals surface area contributed by atoms with Gasteiger partial charge in [0.2, 0.25) is 0 Å². The molecule has 0 unspecified atom stereocenters. The average molecular weight is 369 g/mol. The third kappa shape index (κ3) is 4.58. The second-order valence-corrected chi connectivity index (χ2v) is 5.56. The number of hydrogen-bond acceptors (Lipinski definition) is 4. The highest BCUT2D eigenvalue weighted by Gasteiger charge is 2.12. The minimum Gasteiger partial charge on any atom is -0.494 e. The minimum absolute atomic E-state index is 0.102. The molecule has 0 saturated heterocycles. The molecule has 0 aliphatic rings. The van der Waals surface area contributed by atoms with Crippen LogP contribution in [0.2, 0.25) is 0 Å². The summed E-state index contributed by atoms with van der Waals surface area (Å²) < 4.78 is 32.9. The molecule has 0 aliphatic heterocycles. The molecule has 7 heteroatoms. The number of anilines is 3. The van der Waals surface area contributed by atoms with Gasteiger partial charge < -0.3 is 15.4 Å². The lowest BCUT2D eigenvalue weighted by atomic mass is 10.2. The molecule has 3 aromatic rings. The lowest BCUT2D eigenvalue weighted by Gasteiger charge is -2.10. The molecule has 0 bridgehead atoms. The number of aromatic nitrogens is 1. The average Bonchev–Trinajstić information content (AvgIpc) is 2.67. The van der Waals surface area contributed by atoms with Crippen LogP contribution >= 0.6 is 0 Å². The summed E-state index contributed by atoms with van der Waals surface area (Å²) in [5.41, 5.74) is 0.724. The van der Waals surface area contributed by atoms with Crippen LogP contribution < -0.4 is 15.4 Å². The Labute approximate surface area is 155 Å². The molecule has 1 amide bonds. The quantitative estimate of drug-likeness (QED) is 0.658. The molecule has 0 aliphatic carbocycles. The number of carbonyl (C=O) groups is 1. The van der Waals surface area contributed by atoms with Gasteiger partial charge >= 0.3 is 0 Å². The van der Waals surface area contributed by atoms with Crippen LogP contribution in [0.25, 0.3) is 0 Å². The third-order valence-corrected chi connectivity index (χ3v) is 3.65. The molecule has 138 valence electrons. The highest BCUT2D eigenvalue weighted by molar-refractivity contribution is 6.03. The summed E-state index contributed by atoms with van der Waals surface area (Å²) in [7, 11) is 0. The van der Waals surface area contributed by atoms with Crippen molar-refractivity contribution in [2.75, 3.05) is 17.2 Å². The summed E-state index contributed by atoms with van der Waals surface area (Å²) in [6.07, 6.45) is 1.38. The first-order chi connectivity index (χ1) is 13.1. The Morgan fingerprint density at radius 1 is 1.04 bits per heavy atom. The van der Waals surface area contributed by atoms with Crippen molar-refractivity contribution in [3.63, 3.8) is 0 Å². The Morgan fingerprint density at radius 2 is 1.74 bits per heavy atom. The third-order valence-electron chi connectivity index (χ3n) is 3.65. The molecule has 27 heavy (non-hydrogen) atoms. The standard InChI is InChI=1S/C20H17F2N3O2/c1-2-27-15-8-6-13(7-9-15)25-20(26)18-12-14(10-11-23-18)24-19-16(21)4-3-5-17(19)22/h3-12H,2H2,1H3,(H,23,24)(H,25,26). The molecule has 2 aromatic carbocycles. The van der Waals surface area contributed by atoms with Crippen molar-refractivity contribution in [2.45, 2.75) is 6.92 Å². The first kappa shape index (κ1) is 18.3. The highest BCUT2D eigenvalue weighted by atomic mass is 19.1. The van der Waals surface area contributed by atoms with Crippen LogP contribution in [0, 0.1) is 11.6 Å². The molecule has 2 N–H and O–H groups in total. The van der Waals surface area contributed by atoms with E-state index in [9.17, 15) is 13.6 Å². The van der Waals surface area contributed by atoms with E-state index in [-0.39, 0.29) is 11.4 Å². The van der Waals surface area contributed by atoms with Gasteiger partial charge in [-0.25, -0.2) is 8.78 Å². The zero-order valence-electron chi connectivity index (χ0n) is 14.5. The Hall–Kier alpha value is -3.48. The van der Waals surface area contributed by atoms with Crippen LogP contribution in [-0.2, 0) is 0 Å². The normalized spacial score (nSPS) is 10.3. The molecule has 0 radical (unpaired) electrons. The highest BCUT2D eigenvalue weighted by Crippen LogP contribution is 2.23. The number of benzene rings is 2. The van der Waals surface area contributed by atoms with Crippen LogP contribution in [0.5, 0.6) is 5.75 Å². The molecular weight excluding hydrogens is 352 g/mol. The lowest BCUT2D eigenvalue weighted by molar-refractivity contribution is 0.102. The van der Waals surface area contributed by atoms with Crippen LogP contribution in [-0.4, -0.2) is 17.5 Å². The van der Waals surface area contributed by atoms with E-state index in [4.69, 9.17) is 4.74 Å². The molecule has 1 heterocycles. The van der Waals surface area contributed by atoms with E-state index in [1.54, 1.807) is 24.3 Å². The van der Waals surface area contributed by atoms with Crippen molar-refractivity contribution in [1.29, 1.82) is 0 Å². The van der Waals surface area contributed by atoms with Crippen molar-refractivity contribution in [3.8, 4) is 5.75 Å². The van der Waals surface area contributed by atoms with Gasteiger partial charge in [0.15, 0.2) is 0 Å². The summed E-state index contributed by atoms with van der Waals surface area (Å²) >= 11 is 0. The summed E-state index contributed by atoms with van der Waals surface area (Å²) in [5, 5.41) is 5.34. The Balaban J connectivity index is 1.73. The number of amides is 1. The smallest absolute Gasteiger partial charge is 0.274 e. The van der Waals surface area contributed by atoms with E-state index in [2.05, 4.69) is 15.6 Å². The molecule has 3 rings (SSSR count). The molecule has 0 saturated carbocycles. The first-order valence-corrected chi connectivity index (χ1v) is 8.28. The largest absolute Gasteiger partial charge is 0.494 e. The van der Waals surface area contributed by atoms with Gasteiger partial charge in [-0.3, -0.25) is 9.78 Å². The zero-order valence-corrected chi connectivity index (χ0v) is 14.5.